The van der Waals surface area contributed by atoms with Gasteiger partial charge in [-0.2, -0.15) is 0 Å². The molecule has 1 aliphatic carbocycles. The molecule has 1 saturated carbocycles. The zero-order valence-corrected chi connectivity index (χ0v) is 11.4. The van der Waals surface area contributed by atoms with Gasteiger partial charge in [-0.3, -0.25) is 0 Å². The lowest BCUT2D eigenvalue weighted by molar-refractivity contribution is 0.332. The molecule has 2 rings (SSSR count). The molecule has 1 aromatic carbocycles. The minimum absolute atomic E-state index is 0.854. The summed E-state index contributed by atoms with van der Waals surface area (Å²) in [6.07, 6.45) is 4.12. The second-order valence-electron chi connectivity index (χ2n) is 4.48. The maximum Gasteiger partial charge on any atom is 0.143 e. The number of methoxy groups -OCH3 is 1. The van der Waals surface area contributed by atoms with Crippen molar-refractivity contribution in [3.63, 3.8) is 0 Å². The molecule has 0 spiro atoms. The van der Waals surface area contributed by atoms with Crippen molar-refractivity contribution >= 4 is 21.6 Å². The Morgan fingerprint density at radius 2 is 2.19 bits per heavy atom. The van der Waals surface area contributed by atoms with Gasteiger partial charge in [-0.15, -0.1) is 0 Å². The van der Waals surface area contributed by atoms with E-state index in [1.807, 2.05) is 6.07 Å². The summed E-state index contributed by atoms with van der Waals surface area (Å²) in [6, 6.07) is 4.13. The lowest BCUT2D eigenvalue weighted by Gasteiger charge is -2.26. The van der Waals surface area contributed by atoms with Crippen LogP contribution in [0.5, 0.6) is 5.75 Å². The van der Waals surface area contributed by atoms with Crippen LogP contribution in [-0.2, 0) is 0 Å². The van der Waals surface area contributed by atoms with Gasteiger partial charge >= 0.3 is 0 Å². The predicted molar refractivity (Wildman–Crippen MR) is 71.3 cm³/mol. The molecule has 0 saturated heterocycles. The van der Waals surface area contributed by atoms with Crippen LogP contribution >= 0.6 is 15.9 Å². The van der Waals surface area contributed by atoms with E-state index in [1.54, 1.807) is 7.11 Å². The number of benzene rings is 1. The molecule has 0 atom stereocenters. The zero-order valence-electron chi connectivity index (χ0n) is 9.85. The van der Waals surface area contributed by atoms with Crippen molar-refractivity contribution in [2.24, 2.45) is 5.92 Å². The van der Waals surface area contributed by atoms with E-state index < -0.39 is 0 Å². The van der Waals surface area contributed by atoms with E-state index in [1.165, 1.54) is 24.8 Å². The molecular formula is C13H18BrNO. The first-order valence-corrected chi connectivity index (χ1v) is 6.58. The quantitative estimate of drug-likeness (QED) is 0.903. The number of halogens is 1. The molecule has 0 heterocycles. The van der Waals surface area contributed by atoms with Crippen molar-refractivity contribution in [2.75, 3.05) is 19.0 Å². The fourth-order valence-corrected chi connectivity index (χ4v) is 2.59. The van der Waals surface area contributed by atoms with Gasteiger partial charge in [0.1, 0.15) is 5.75 Å². The van der Waals surface area contributed by atoms with E-state index in [9.17, 15) is 0 Å². The Balaban J connectivity index is 2.10. The molecule has 16 heavy (non-hydrogen) atoms. The third kappa shape index (κ3) is 2.51. The van der Waals surface area contributed by atoms with Crippen molar-refractivity contribution < 1.29 is 4.74 Å². The topological polar surface area (TPSA) is 21.3 Å². The van der Waals surface area contributed by atoms with Gasteiger partial charge in [-0.25, -0.2) is 0 Å². The number of ether oxygens (including phenoxy) is 1. The summed E-state index contributed by atoms with van der Waals surface area (Å²) in [4.78, 5) is 0. The average molecular weight is 284 g/mol. The average Bonchev–Trinajstić information content (AvgIpc) is 2.17. The molecule has 0 aromatic heterocycles. The van der Waals surface area contributed by atoms with Gasteiger partial charge < -0.3 is 10.1 Å². The first-order chi connectivity index (χ1) is 7.70. The summed E-state index contributed by atoms with van der Waals surface area (Å²) < 4.78 is 6.46. The third-order valence-corrected chi connectivity index (χ3v) is 3.73. The first kappa shape index (κ1) is 11.8. The molecule has 0 bridgehead atoms. The van der Waals surface area contributed by atoms with Gasteiger partial charge in [-0.1, -0.05) is 22.4 Å². The van der Waals surface area contributed by atoms with Crippen LogP contribution in [0.15, 0.2) is 16.6 Å². The molecular weight excluding hydrogens is 266 g/mol. The molecule has 1 fully saturated rings. The molecule has 0 aliphatic heterocycles. The fourth-order valence-electron chi connectivity index (χ4n) is 2.04. The highest BCUT2D eigenvalue weighted by Crippen LogP contribution is 2.33. The summed E-state index contributed by atoms with van der Waals surface area (Å²) in [7, 11) is 1.72. The van der Waals surface area contributed by atoms with Crippen LogP contribution in [0.1, 0.15) is 24.8 Å². The van der Waals surface area contributed by atoms with Crippen LogP contribution in [0.25, 0.3) is 0 Å². The molecule has 1 aromatic rings. The number of hydrogen-bond donors (Lipinski definition) is 1. The largest absolute Gasteiger partial charge is 0.495 e. The van der Waals surface area contributed by atoms with Crippen LogP contribution in [0, 0.1) is 12.8 Å². The molecule has 0 radical (unpaired) electrons. The maximum atomic E-state index is 5.40. The maximum absolute atomic E-state index is 5.40. The Kier molecular flexibility index (Phi) is 3.74. The minimum Gasteiger partial charge on any atom is -0.495 e. The van der Waals surface area contributed by atoms with Gasteiger partial charge in [0, 0.05) is 11.0 Å². The lowest BCUT2D eigenvalue weighted by atomic mass is 9.85. The SMILES string of the molecule is COc1cc(Br)cc(C)c1NCC1CCC1. The van der Waals surface area contributed by atoms with Crippen molar-refractivity contribution in [3.05, 3.63) is 22.2 Å². The second-order valence-corrected chi connectivity index (χ2v) is 5.39. The molecule has 0 unspecified atom stereocenters. The second kappa shape index (κ2) is 5.09. The molecule has 88 valence electrons. The van der Waals surface area contributed by atoms with Gasteiger partial charge in [0.2, 0.25) is 0 Å². The van der Waals surface area contributed by atoms with Gasteiger partial charge in [0.05, 0.1) is 12.8 Å². The Morgan fingerprint density at radius 3 is 2.75 bits per heavy atom. The van der Waals surface area contributed by atoms with E-state index in [2.05, 4.69) is 34.2 Å². The first-order valence-electron chi connectivity index (χ1n) is 5.78. The normalized spacial score (nSPS) is 15.7. The van der Waals surface area contributed by atoms with E-state index in [0.717, 1.165) is 28.4 Å². The van der Waals surface area contributed by atoms with Crippen LogP contribution in [0.2, 0.25) is 0 Å². The summed E-state index contributed by atoms with van der Waals surface area (Å²) >= 11 is 3.49. The summed E-state index contributed by atoms with van der Waals surface area (Å²) in [5, 5.41) is 3.52. The standard InChI is InChI=1S/C13H18BrNO/c1-9-6-11(14)7-12(16-2)13(9)15-8-10-4-3-5-10/h6-7,10,15H,3-5,8H2,1-2H3. The predicted octanol–water partition coefficient (Wildman–Crippen LogP) is 3.98. The van der Waals surface area contributed by atoms with Crippen LogP contribution in [-0.4, -0.2) is 13.7 Å². The van der Waals surface area contributed by atoms with Crippen molar-refractivity contribution in [1.82, 2.24) is 0 Å². The van der Waals surface area contributed by atoms with Gasteiger partial charge in [-0.05, 0) is 43.4 Å². The van der Waals surface area contributed by atoms with Crippen LogP contribution in [0.3, 0.4) is 0 Å². The Bertz CT molecular complexity index is 374. The van der Waals surface area contributed by atoms with Crippen LogP contribution in [0.4, 0.5) is 5.69 Å². The number of anilines is 1. The van der Waals surface area contributed by atoms with E-state index >= 15 is 0 Å². The Labute approximate surface area is 106 Å². The van der Waals surface area contributed by atoms with Crippen molar-refractivity contribution in [2.45, 2.75) is 26.2 Å². The van der Waals surface area contributed by atoms with E-state index in [-0.39, 0.29) is 0 Å². The number of hydrogen-bond acceptors (Lipinski definition) is 2. The smallest absolute Gasteiger partial charge is 0.143 e. The molecule has 1 aliphatic rings. The minimum atomic E-state index is 0.854. The molecule has 2 nitrogen and oxygen atoms in total. The summed E-state index contributed by atoms with van der Waals surface area (Å²) in [6.45, 7) is 3.18. The third-order valence-electron chi connectivity index (χ3n) is 3.28. The van der Waals surface area contributed by atoms with Crippen molar-refractivity contribution in [3.8, 4) is 5.75 Å². The molecule has 1 N–H and O–H groups in total. The van der Waals surface area contributed by atoms with Gasteiger partial charge in [0.25, 0.3) is 0 Å². The van der Waals surface area contributed by atoms with Crippen molar-refractivity contribution in [1.29, 1.82) is 0 Å². The number of rotatable bonds is 4. The summed E-state index contributed by atoms with van der Waals surface area (Å²) in [5.41, 5.74) is 2.36. The Hall–Kier alpha value is -0.700. The molecule has 0 amide bonds. The highest BCUT2D eigenvalue weighted by atomic mass is 79.9. The summed E-state index contributed by atoms with van der Waals surface area (Å²) in [5.74, 6) is 1.78. The van der Waals surface area contributed by atoms with E-state index in [0.29, 0.717) is 0 Å². The Morgan fingerprint density at radius 1 is 1.44 bits per heavy atom. The fraction of sp³-hybridized carbons (Fsp3) is 0.538. The zero-order chi connectivity index (χ0) is 11.5. The highest BCUT2D eigenvalue weighted by molar-refractivity contribution is 9.10. The van der Waals surface area contributed by atoms with Gasteiger partial charge in [0.15, 0.2) is 0 Å². The molecule has 3 heteroatoms. The van der Waals surface area contributed by atoms with Crippen LogP contribution < -0.4 is 10.1 Å². The monoisotopic (exact) mass is 283 g/mol. The van der Waals surface area contributed by atoms with E-state index in [4.69, 9.17) is 4.74 Å². The number of nitrogens with one attached hydrogen (secondary N) is 1. The highest BCUT2D eigenvalue weighted by Gasteiger charge is 2.18. The lowest BCUT2D eigenvalue weighted by Crippen LogP contribution is -2.21. The number of aryl methyl sites for hydroxylation is 1.